The second kappa shape index (κ2) is 7.46. The Morgan fingerprint density at radius 3 is 2.54 bits per heavy atom. The molecule has 1 atom stereocenters. The third-order valence-electron chi connectivity index (χ3n) is 5.79. The van der Waals surface area contributed by atoms with Crippen molar-refractivity contribution in [2.24, 2.45) is 0 Å². The molecule has 24 heavy (non-hydrogen) atoms. The summed E-state index contributed by atoms with van der Waals surface area (Å²) in [6.07, 6.45) is 4.85. The van der Waals surface area contributed by atoms with E-state index in [2.05, 4.69) is 47.4 Å². The zero-order chi connectivity index (χ0) is 17.2. The van der Waals surface area contributed by atoms with Crippen LogP contribution in [-0.2, 0) is 11.3 Å². The molecule has 2 aliphatic heterocycles. The van der Waals surface area contributed by atoms with Gasteiger partial charge in [-0.25, -0.2) is 0 Å². The molecule has 4 nitrogen and oxygen atoms in total. The summed E-state index contributed by atoms with van der Waals surface area (Å²) in [4.78, 5) is 20.4. The Morgan fingerprint density at radius 1 is 1.08 bits per heavy atom. The molecule has 0 N–H and O–H groups in total. The number of amides is 1. The molecule has 5 heteroatoms. The van der Waals surface area contributed by atoms with Crippen molar-refractivity contribution in [3.63, 3.8) is 0 Å². The number of likely N-dealkylation sites (N-methyl/N-ethyl adjacent to an activating group) is 1. The summed E-state index contributed by atoms with van der Waals surface area (Å²) in [5, 5.41) is 0. The molecule has 0 saturated carbocycles. The molecule has 3 rings (SSSR count). The van der Waals surface area contributed by atoms with Crippen LogP contribution in [0.2, 0.25) is 0 Å². The van der Waals surface area contributed by atoms with Crippen LogP contribution >= 0.6 is 11.8 Å². The van der Waals surface area contributed by atoms with E-state index in [1.165, 1.54) is 10.5 Å². The van der Waals surface area contributed by atoms with Gasteiger partial charge < -0.3 is 4.90 Å². The molecule has 1 amide bonds. The van der Waals surface area contributed by atoms with E-state index in [4.69, 9.17) is 0 Å². The van der Waals surface area contributed by atoms with Gasteiger partial charge in [0.15, 0.2) is 0 Å². The van der Waals surface area contributed by atoms with Crippen molar-refractivity contribution in [1.82, 2.24) is 14.7 Å². The van der Waals surface area contributed by atoms with Crippen molar-refractivity contribution < 1.29 is 4.79 Å². The summed E-state index contributed by atoms with van der Waals surface area (Å²) in [5.41, 5.74) is 1.53. The summed E-state index contributed by atoms with van der Waals surface area (Å²) >= 11 is 1.79. The molecule has 2 fully saturated rings. The highest BCUT2D eigenvalue weighted by Crippen LogP contribution is 2.32. The summed E-state index contributed by atoms with van der Waals surface area (Å²) in [6.45, 7) is 5.13. The van der Waals surface area contributed by atoms with E-state index in [-0.39, 0.29) is 5.54 Å². The average molecular weight is 348 g/mol. The van der Waals surface area contributed by atoms with Gasteiger partial charge in [0.2, 0.25) is 5.91 Å². The number of nitrogens with zero attached hydrogens (tertiary/aromatic N) is 3. The molecule has 1 aromatic carbocycles. The Hall–Kier alpha value is -1.04. The normalized spacial score (nSPS) is 26.8. The van der Waals surface area contributed by atoms with Crippen molar-refractivity contribution in [3.05, 3.63) is 29.8 Å². The predicted molar refractivity (Wildman–Crippen MR) is 100 cm³/mol. The largest absolute Gasteiger partial charge is 0.346 e. The number of hydrogen-bond acceptors (Lipinski definition) is 4. The molecule has 2 heterocycles. The van der Waals surface area contributed by atoms with Crippen molar-refractivity contribution in [3.8, 4) is 0 Å². The summed E-state index contributed by atoms with van der Waals surface area (Å²) in [7, 11) is 4.18. The lowest BCUT2D eigenvalue weighted by Crippen LogP contribution is -2.60. The molecule has 132 valence electrons. The van der Waals surface area contributed by atoms with Crippen LogP contribution in [0.5, 0.6) is 0 Å². The molecule has 0 unspecified atom stereocenters. The van der Waals surface area contributed by atoms with E-state index in [1.807, 2.05) is 11.9 Å². The van der Waals surface area contributed by atoms with Gasteiger partial charge in [-0.05, 0) is 43.8 Å². The van der Waals surface area contributed by atoms with Crippen LogP contribution in [-0.4, -0.2) is 72.7 Å². The minimum absolute atomic E-state index is 0.151. The fourth-order valence-corrected chi connectivity index (χ4v) is 4.37. The zero-order valence-corrected chi connectivity index (χ0v) is 15.9. The molecule has 1 spiro atoms. The summed E-state index contributed by atoms with van der Waals surface area (Å²) < 4.78 is 0. The fourth-order valence-electron chi connectivity index (χ4n) is 3.96. The van der Waals surface area contributed by atoms with E-state index < -0.39 is 0 Å². The Morgan fingerprint density at radius 2 is 1.83 bits per heavy atom. The van der Waals surface area contributed by atoms with Crippen LogP contribution in [0.1, 0.15) is 24.8 Å². The van der Waals surface area contributed by atoms with Crippen molar-refractivity contribution >= 4 is 17.7 Å². The Kier molecular flexibility index (Phi) is 5.52. The summed E-state index contributed by atoms with van der Waals surface area (Å²) in [6, 6.07) is 8.93. The maximum atomic E-state index is 12.1. The lowest BCUT2D eigenvalue weighted by molar-refractivity contribution is -0.129. The number of hydrogen-bond donors (Lipinski definition) is 0. The maximum absolute atomic E-state index is 12.1. The molecule has 0 bridgehead atoms. The van der Waals surface area contributed by atoms with Gasteiger partial charge in [-0.1, -0.05) is 12.1 Å². The van der Waals surface area contributed by atoms with Gasteiger partial charge in [-0.3, -0.25) is 14.6 Å². The third-order valence-corrected chi connectivity index (χ3v) is 6.53. The maximum Gasteiger partial charge on any atom is 0.222 e. The molecule has 0 aliphatic carbocycles. The van der Waals surface area contributed by atoms with E-state index in [9.17, 15) is 4.79 Å². The number of piperazine rings is 1. The second-order valence-electron chi connectivity index (χ2n) is 7.27. The molecule has 2 saturated heterocycles. The average Bonchev–Trinajstić information content (AvgIpc) is 2.74. The molecule has 0 radical (unpaired) electrons. The van der Waals surface area contributed by atoms with E-state index in [0.29, 0.717) is 12.3 Å². The standard InChI is InChI=1S/C19H29N3OS/c1-20-11-10-19(9-8-18(20)23)15-22(13-12-21(19)2)14-16-4-6-17(24-3)7-5-16/h4-7H,8-15H2,1-3H3/t19-/m0/s1. The van der Waals surface area contributed by atoms with Crippen molar-refractivity contribution in [2.75, 3.05) is 46.5 Å². The van der Waals surface area contributed by atoms with Crippen LogP contribution in [0.4, 0.5) is 0 Å². The Bertz CT molecular complexity index is 576. The van der Waals surface area contributed by atoms with Gasteiger partial charge in [0.05, 0.1) is 0 Å². The fraction of sp³-hybridized carbons (Fsp3) is 0.632. The van der Waals surface area contributed by atoms with Gasteiger partial charge in [0.1, 0.15) is 0 Å². The number of benzene rings is 1. The van der Waals surface area contributed by atoms with Gasteiger partial charge in [0.25, 0.3) is 0 Å². The quantitative estimate of drug-likeness (QED) is 0.785. The first kappa shape index (κ1) is 17.8. The van der Waals surface area contributed by atoms with Gasteiger partial charge in [-0.2, -0.15) is 0 Å². The Balaban J connectivity index is 1.69. The van der Waals surface area contributed by atoms with E-state index in [1.54, 1.807) is 11.8 Å². The number of likely N-dealkylation sites (tertiary alicyclic amines) is 1. The minimum atomic E-state index is 0.151. The summed E-state index contributed by atoms with van der Waals surface area (Å²) in [5.74, 6) is 0.296. The third kappa shape index (κ3) is 3.79. The highest BCUT2D eigenvalue weighted by atomic mass is 32.2. The molecular weight excluding hydrogens is 318 g/mol. The molecule has 0 aromatic heterocycles. The predicted octanol–water partition coefficient (Wildman–Crippen LogP) is 2.54. The molecule has 2 aliphatic rings. The first-order valence-electron chi connectivity index (χ1n) is 8.83. The Labute approximate surface area is 150 Å². The van der Waals surface area contributed by atoms with Crippen molar-refractivity contribution in [1.29, 1.82) is 0 Å². The number of carbonyl (C=O) groups excluding carboxylic acids is 1. The first-order chi connectivity index (χ1) is 11.5. The van der Waals surface area contributed by atoms with Crippen LogP contribution in [0.15, 0.2) is 29.2 Å². The number of thioether (sulfide) groups is 1. The molecule has 1 aromatic rings. The van der Waals surface area contributed by atoms with Crippen LogP contribution in [0, 0.1) is 0 Å². The topological polar surface area (TPSA) is 26.8 Å². The van der Waals surface area contributed by atoms with E-state index >= 15 is 0 Å². The van der Waals surface area contributed by atoms with Crippen LogP contribution < -0.4 is 0 Å². The van der Waals surface area contributed by atoms with Gasteiger partial charge in [-0.15, -0.1) is 11.8 Å². The van der Waals surface area contributed by atoms with Crippen molar-refractivity contribution in [2.45, 2.75) is 36.2 Å². The first-order valence-corrected chi connectivity index (χ1v) is 10.1. The molecular formula is C19H29N3OS. The SMILES string of the molecule is CSc1ccc(CN2CCN(C)[C@]3(CCC(=O)N(C)CC3)C2)cc1. The lowest BCUT2D eigenvalue weighted by Gasteiger charge is -2.49. The second-order valence-corrected chi connectivity index (χ2v) is 8.15. The highest BCUT2D eigenvalue weighted by Gasteiger charge is 2.41. The van der Waals surface area contributed by atoms with E-state index in [0.717, 1.165) is 45.6 Å². The smallest absolute Gasteiger partial charge is 0.222 e. The van der Waals surface area contributed by atoms with Crippen LogP contribution in [0.3, 0.4) is 0 Å². The number of rotatable bonds is 3. The van der Waals surface area contributed by atoms with Gasteiger partial charge >= 0.3 is 0 Å². The lowest BCUT2D eigenvalue weighted by atomic mass is 9.86. The highest BCUT2D eigenvalue weighted by molar-refractivity contribution is 7.98. The monoisotopic (exact) mass is 347 g/mol. The number of carbonyl (C=O) groups is 1. The zero-order valence-electron chi connectivity index (χ0n) is 15.1. The minimum Gasteiger partial charge on any atom is -0.346 e. The van der Waals surface area contributed by atoms with Gasteiger partial charge in [0, 0.05) is 56.6 Å². The van der Waals surface area contributed by atoms with Crippen LogP contribution in [0.25, 0.3) is 0 Å².